The Kier molecular flexibility index (Phi) is 3.89. The molecule has 0 fully saturated rings. The molecule has 4 heteroatoms. The molecule has 0 heterocycles. The van der Waals surface area contributed by atoms with Gasteiger partial charge in [-0.2, -0.15) is 0 Å². The molecule has 0 saturated heterocycles. The van der Waals surface area contributed by atoms with Gasteiger partial charge in [-0.1, -0.05) is 0 Å². The Labute approximate surface area is 86.0 Å². The molecule has 0 spiro atoms. The maximum atomic E-state index is 5.75. The van der Waals surface area contributed by atoms with E-state index in [0.29, 0.717) is 0 Å². The van der Waals surface area contributed by atoms with E-state index in [0.717, 1.165) is 16.8 Å². The van der Waals surface area contributed by atoms with Gasteiger partial charge in [0.1, 0.15) is 0 Å². The minimum atomic E-state index is -2.37. The Bertz CT molecular complexity index is 299. The summed E-state index contributed by atoms with van der Waals surface area (Å²) in [4.78, 5) is 0. The summed E-state index contributed by atoms with van der Waals surface area (Å²) < 4.78 is 4.28. The first-order chi connectivity index (χ1) is 5.61. The molecule has 1 rings (SSSR count). The van der Waals surface area contributed by atoms with Crippen molar-refractivity contribution in [3.63, 3.8) is 0 Å². The fraction of sp³-hybridized carbons (Fsp3) is 0.250. The van der Waals surface area contributed by atoms with Crippen LogP contribution >= 0.6 is 18.8 Å². The molecular formula is C8H9Cl2NW. The first-order valence-corrected chi connectivity index (χ1v) is 12.0. The molecule has 0 bridgehead atoms. The summed E-state index contributed by atoms with van der Waals surface area (Å²) in [6.45, 7) is 4.04. The summed E-state index contributed by atoms with van der Waals surface area (Å²) in [5.41, 5.74) is 3.28. The summed E-state index contributed by atoms with van der Waals surface area (Å²) >= 11 is -2.37. The van der Waals surface area contributed by atoms with E-state index < -0.39 is 15.0 Å². The molecule has 1 aromatic carbocycles. The summed E-state index contributed by atoms with van der Waals surface area (Å²) in [5.74, 6) is 0. The van der Waals surface area contributed by atoms with Crippen LogP contribution in [0.2, 0.25) is 0 Å². The van der Waals surface area contributed by atoms with Crippen LogP contribution in [0, 0.1) is 13.8 Å². The van der Waals surface area contributed by atoms with Gasteiger partial charge in [-0.25, -0.2) is 0 Å². The molecule has 0 aliphatic rings. The SMILES string of the molecule is Cc1cccc(C)c1[N]=[W]([Cl])[Cl]. The Morgan fingerprint density at radius 3 is 2.08 bits per heavy atom. The molecule has 0 atom stereocenters. The average molecular weight is 374 g/mol. The standard InChI is InChI=1S/C8H9N.2ClH.W/c1-6-4-3-5-7(2)8(6)9;;;/h3-5H,1-2H3;2*1H;/q;;;+2/p-2. The van der Waals surface area contributed by atoms with Crippen molar-refractivity contribution in [3.8, 4) is 0 Å². The van der Waals surface area contributed by atoms with Gasteiger partial charge in [-0.05, 0) is 0 Å². The van der Waals surface area contributed by atoms with Gasteiger partial charge < -0.3 is 0 Å². The first-order valence-electron chi connectivity index (χ1n) is 3.46. The van der Waals surface area contributed by atoms with Crippen molar-refractivity contribution in [1.82, 2.24) is 0 Å². The summed E-state index contributed by atoms with van der Waals surface area (Å²) in [7, 11) is 11.5. The van der Waals surface area contributed by atoms with Gasteiger partial charge in [0.05, 0.1) is 0 Å². The monoisotopic (exact) mass is 373 g/mol. The summed E-state index contributed by atoms with van der Waals surface area (Å²) in [6, 6.07) is 6.05. The number of aryl methyl sites for hydroxylation is 2. The van der Waals surface area contributed by atoms with E-state index in [4.69, 9.17) is 18.8 Å². The van der Waals surface area contributed by atoms with E-state index in [1.165, 1.54) is 0 Å². The van der Waals surface area contributed by atoms with Crippen LogP contribution in [-0.4, -0.2) is 0 Å². The van der Waals surface area contributed by atoms with E-state index in [-0.39, 0.29) is 0 Å². The second-order valence-corrected chi connectivity index (χ2v) is 10.7. The van der Waals surface area contributed by atoms with Gasteiger partial charge in [0, 0.05) is 0 Å². The molecule has 0 unspecified atom stereocenters. The van der Waals surface area contributed by atoms with E-state index >= 15 is 0 Å². The van der Waals surface area contributed by atoms with Crippen LogP contribution in [-0.2, 0) is 15.0 Å². The number of benzene rings is 1. The molecule has 1 nitrogen and oxygen atoms in total. The third kappa shape index (κ3) is 2.65. The molecule has 1 aromatic rings. The number of halogens is 2. The molecule has 0 aliphatic carbocycles. The average Bonchev–Trinajstić information content (AvgIpc) is 1.97. The normalized spacial score (nSPS) is 10.4. The number of nitrogens with zero attached hydrogens (tertiary/aromatic N) is 1. The predicted octanol–water partition coefficient (Wildman–Crippen LogP) is 4.04. The van der Waals surface area contributed by atoms with Gasteiger partial charge in [0.2, 0.25) is 0 Å². The zero-order chi connectivity index (χ0) is 9.14. The van der Waals surface area contributed by atoms with Crippen molar-refractivity contribution in [2.45, 2.75) is 13.8 Å². The fourth-order valence-corrected chi connectivity index (χ4v) is 3.68. The number of hydrogen-bond acceptors (Lipinski definition) is 1. The van der Waals surface area contributed by atoms with Crippen LogP contribution in [0.4, 0.5) is 5.69 Å². The van der Waals surface area contributed by atoms with Crippen LogP contribution in [0.15, 0.2) is 21.7 Å². The molecule has 0 aliphatic heterocycles. The van der Waals surface area contributed by atoms with Crippen molar-refractivity contribution >= 4 is 24.5 Å². The number of rotatable bonds is 1. The fourth-order valence-electron chi connectivity index (χ4n) is 1.02. The summed E-state index contributed by atoms with van der Waals surface area (Å²) in [6.07, 6.45) is 0. The predicted molar refractivity (Wildman–Crippen MR) is 49.7 cm³/mol. The van der Waals surface area contributed by atoms with Gasteiger partial charge >= 0.3 is 86.2 Å². The van der Waals surface area contributed by atoms with Crippen molar-refractivity contribution in [3.05, 3.63) is 29.3 Å². The van der Waals surface area contributed by atoms with E-state index in [1.807, 2.05) is 32.0 Å². The number of hydrogen-bond donors (Lipinski definition) is 0. The molecule has 66 valence electrons. The first kappa shape index (κ1) is 10.4. The van der Waals surface area contributed by atoms with Crippen molar-refractivity contribution < 1.29 is 15.0 Å². The maximum absolute atomic E-state index is 5.75. The molecule has 0 aromatic heterocycles. The quantitative estimate of drug-likeness (QED) is 0.704. The summed E-state index contributed by atoms with van der Waals surface area (Å²) in [5, 5.41) is 0. The zero-order valence-electron chi connectivity index (χ0n) is 6.84. The van der Waals surface area contributed by atoms with E-state index in [2.05, 4.69) is 3.50 Å². The van der Waals surface area contributed by atoms with Crippen molar-refractivity contribution in [2.24, 2.45) is 3.50 Å². The molecule has 0 radical (unpaired) electrons. The van der Waals surface area contributed by atoms with Crippen molar-refractivity contribution in [2.75, 3.05) is 0 Å². The second kappa shape index (κ2) is 4.50. The van der Waals surface area contributed by atoms with E-state index in [1.54, 1.807) is 0 Å². The topological polar surface area (TPSA) is 12.4 Å². The van der Waals surface area contributed by atoms with Crippen LogP contribution < -0.4 is 0 Å². The van der Waals surface area contributed by atoms with Crippen LogP contribution in [0.25, 0.3) is 0 Å². The zero-order valence-corrected chi connectivity index (χ0v) is 11.3. The third-order valence-electron chi connectivity index (χ3n) is 1.60. The minimum absolute atomic E-state index is 0.982. The van der Waals surface area contributed by atoms with Crippen LogP contribution in [0.3, 0.4) is 0 Å². The van der Waals surface area contributed by atoms with Crippen LogP contribution in [0.1, 0.15) is 11.1 Å². The van der Waals surface area contributed by atoms with Gasteiger partial charge in [0.25, 0.3) is 0 Å². The second-order valence-electron chi connectivity index (χ2n) is 2.53. The van der Waals surface area contributed by atoms with Gasteiger partial charge in [0.15, 0.2) is 0 Å². The third-order valence-corrected chi connectivity index (χ3v) is 3.88. The van der Waals surface area contributed by atoms with Crippen molar-refractivity contribution in [1.29, 1.82) is 0 Å². The molecular weight excluding hydrogens is 365 g/mol. The Morgan fingerprint density at radius 1 is 1.17 bits per heavy atom. The molecule has 0 amide bonds. The Hall–Kier alpha value is 0.288. The Morgan fingerprint density at radius 2 is 1.67 bits per heavy atom. The van der Waals surface area contributed by atoms with Crippen LogP contribution in [0.5, 0.6) is 0 Å². The van der Waals surface area contributed by atoms with Gasteiger partial charge in [-0.3, -0.25) is 0 Å². The molecule has 12 heavy (non-hydrogen) atoms. The molecule has 0 N–H and O–H groups in total. The molecule has 0 saturated carbocycles. The Balaban J connectivity index is 3.22. The van der Waals surface area contributed by atoms with Gasteiger partial charge in [-0.15, -0.1) is 0 Å². The van der Waals surface area contributed by atoms with E-state index in [9.17, 15) is 0 Å².